The number of aliphatic hydroxyl groups excluding tert-OH is 1. The lowest BCUT2D eigenvalue weighted by atomic mass is 9.48. The van der Waals surface area contributed by atoms with Crippen LogP contribution >= 0.6 is 11.6 Å². The van der Waals surface area contributed by atoms with Crippen molar-refractivity contribution in [2.24, 2.45) is 23.2 Å². The van der Waals surface area contributed by atoms with Crippen LogP contribution in [-0.2, 0) is 6.54 Å². The first-order valence-corrected chi connectivity index (χ1v) is 12.7. The number of nitrogens with one attached hydrogen (secondary N) is 3. The number of nitriles is 1. The third-order valence-electron chi connectivity index (χ3n) is 8.09. The van der Waals surface area contributed by atoms with Gasteiger partial charge in [0.05, 0.1) is 12.8 Å². The van der Waals surface area contributed by atoms with E-state index in [4.69, 9.17) is 11.6 Å². The van der Waals surface area contributed by atoms with Crippen molar-refractivity contribution in [1.82, 2.24) is 15.3 Å². The fraction of sp³-hybridized carbons (Fsp3) is 0.577. The quantitative estimate of drug-likeness (QED) is 0.426. The summed E-state index contributed by atoms with van der Waals surface area (Å²) in [5, 5.41) is 30.3. The zero-order valence-corrected chi connectivity index (χ0v) is 20.4. The molecule has 8 heteroatoms. The summed E-state index contributed by atoms with van der Waals surface area (Å²) in [6, 6.07) is 10.6. The Kier molecular flexibility index (Phi) is 6.65. The molecule has 180 valence electrons. The van der Waals surface area contributed by atoms with Crippen LogP contribution < -0.4 is 16.0 Å². The molecule has 0 radical (unpaired) electrons. The molecule has 0 amide bonds. The zero-order chi connectivity index (χ0) is 23.7. The minimum absolute atomic E-state index is 0.146. The number of hydrogen-bond donors (Lipinski definition) is 4. The number of aliphatic hydroxyl groups is 1. The van der Waals surface area contributed by atoms with Gasteiger partial charge in [-0.25, -0.2) is 4.98 Å². The first kappa shape index (κ1) is 23.3. The van der Waals surface area contributed by atoms with Gasteiger partial charge in [-0.2, -0.15) is 10.2 Å². The van der Waals surface area contributed by atoms with E-state index in [1.807, 2.05) is 24.3 Å². The Morgan fingerprint density at radius 1 is 1.21 bits per heavy atom. The van der Waals surface area contributed by atoms with Crippen molar-refractivity contribution in [3.05, 3.63) is 46.6 Å². The molecule has 0 aliphatic heterocycles. The number of anilines is 2. The summed E-state index contributed by atoms with van der Waals surface area (Å²) in [4.78, 5) is 8.95. The van der Waals surface area contributed by atoms with Gasteiger partial charge < -0.3 is 21.1 Å². The van der Waals surface area contributed by atoms with Gasteiger partial charge in [-0.3, -0.25) is 0 Å². The second-order valence-electron chi connectivity index (χ2n) is 10.6. The molecular formula is C26H33ClN6O. The predicted molar refractivity (Wildman–Crippen MR) is 133 cm³/mol. The number of aromatic nitrogens is 2. The fourth-order valence-electron chi connectivity index (χ4n) is 6.83. The minimum atomic E-state index is 0.146. The largest absolute Gasteiger partial charge is 0.395 e. The Labute approximate surface area is 206 Å². The molecule has 1 aromatic carbocycles. The third kappa shape index (κ3) is 4.72. The fourth-order valence-corrected chi connectivity index (χ4v) is 7.04. The van der Waals surface area contributed by atoms with Gasteiger partial charge in [-0.1, -0.05) is 29.8 Å². The predicted octanol–water partition coefficient (Wildman–Crippen LogP) is 4.19. The van der Waals surface area contributed by atoms with Gasteiger partial charge in [0, 0.05) is 30.2 Å². The normalized spacial score (nSPS) is 30.1. The van der Waals surface area contributed by atoms with Crippen molar-refractivity contribution in [3.63, 3.8) is 0 Å². The van der Waals surface area contributed by atoms with Crippen molar-refractivity contribution in [2.45, 2.75) is 57.7 Å². The summed E-state index contributed by atoms with van der Waals surface area (Å²) in [5.74, 6) is 3.19. The average molecular weight is 481 g/mol. The first-order valence-electron chi connectivity index (χ1n) is 12.3. The molecule has 4 aliphatic rings. The van der Waals surface area contributed by atoms with Crippen molar-refractivity contribution in [1.29, 1.82) is 5.26 Å². The Hall–Kier alpha value is -2.40. The summed E-state index contributed by atoms with van der Waals surface area (Å²) in [6.07, 6.45) is 7.79. The van der Waals surface area contributed by atoms with E-state index < -0.39 is 0 Å². The maximum absolute atomic E-state index is 9.62. The van der Waals surface area contributed by atoms with Crippen LogP contribution in [0, 0.1) is 34.5 Å². The van der Waals surface area contributed by atoms with Crippen molar-refractivity contribution in [2.75, 3.05) is 23.8 Å². The van der Waals surface area contributed by atoms with Crippen LogP contribution in [0.4, 0.5) is 11.8 Å². The number of hydrogen-bond acceptors (Lipinski definition) is 7. The lowest BCUT2D eigenvalue weighted by Crippen LogP contribution is -2.61. The van der Waals surface area contributed by atoms with Crippen LogP contribution in [0.15, 0.2) is 30.5 Å². The van der Waals surface area contributed by atoms with E-state index >= 15 is 0 Å². The second kappa shape index (κ2) is 9.69. The summed E-state index contributed by atoms with van der Waals surface area (Å²) in [5.41, 5.74) is 1.68. The maximum Gasteiger partial charge on any atom is 0.224 e. The monoisotopic (exact) mass is 480 g/mol. The number of benzene rings is 1. The summed E-state index contributed by atoms with van der Waals surface area (Å²) >= 11 is 6.26. The highest BCUT2D eigenvalue weighted by molar-refractivity contribution is 6.31. The standard InChI is InChI=1S/C26H33ClN6O/c1-16(14-34)32-23-19-6-17-7-20(23)10-26(8-17,9-19)15-31-24-21(11-28)13-30-25(33-24)29-12-18-4-2-3-5-22(18)27/h2-5,13,16-17,19-20,23,32,34H,6-10,12,14-15H2,1H3,(H2,29,30,31,33)/t16?,17?,19-,20+,23?,26?. The van der Waals surface area contributed by atoms with Gasteiger partial charge >= 0.3 is 0 Å². The van der Waals surface area contributed by atoms with E-state index in [0.717, 1.165) is 18.0 Å². The smallest absolute Gasteiger partial charge is 0.224 e. The van der Waals surface area contributed by atoms with E-state index in [1.54, 1.807) is 6.20 Å². The molecule has 0 spiro atoms. The van der Waals surface area contributed by atoms with E-state index in [0.29, 0.717) is 46.8 Å². The van der Waals surface area contributed by atoms with Crippen molar-refractivity contribution in [3.8, 4) is 6.07 Å². The molecule has 0 saturated heterocycles. The van der Waals surface area contributed by atoms with Gasteiger partial charge in [0.2, 0.25) is 5.95 Å². The van der Waals surface area contributed by atoms with Crippen LogP contribution in [0.1, 0.15) is 50.2 Å². The molecule has 7 nitrogen and oxygen atoms in total. The Morgan fingerprint density at radius 2 is 1.97 bits per heavy atom. The third-order valence-corrected chi connectivity index (χ3v) is 8.45. The topological polar surface area (TPSA) is 106 Å². The SMILES string of the molecule is CC(CO)NC1[C@@H]2CC3C[C@H]1CC(CNc1nc(NCc4ccccc4Cl)ncc1C#N)(C3)C2. The van der Waals surface area contributed by atoms with Crippen molar-refractivity contribution >= 4 is 23.4 Å². The minimum Gasteiger partial charge on any atom is -0.395 e. The Balaban J connectivity index is 1.26. The summed E-state index contributed by atoms with van der Waals surface area (Å²) in [6.45, 7) is 3.59. The molecule has 2 aromatic rings. The van der Waals surface area contributed by atoms with Crippen LogP contribution in [0.25, 0.3) is 0 Å². The lowest BCUT2D eigenvalue weighted by Gasteiger charge is -2.60. The highest BCUT2D eigenvalue weighted by Gasteiger charge is 2.55. The maximum atomic E-state index is 9.62. The summed E-state index contributed by atoms with van der Waals surface area (Å²) in [7, 11) is 0. The molecule has 4 bridgehead atoms. The van der Waals surface area contributed by atoms with Crippen molar-refractivity contribution < 1.29 is 5.11 Å². The summed E-state index contributed by atoms with van der Waals surface area (Å²) < 4.78 is 0. The molecule has 4 aliphatic carbocycles. The van der Waals surface area contributed by atoms with Gasteiger partial charge in [-0.15, -0.1) is 0 Å². The van der Waals surface area contributed by atoms with Gasteiger partial charge in [0.1, 0.15) is 17.5 Å². The molecule has 4 N–H and O–H groups in total. The first-order chi connectivity index (χ1) is 16.5. The van der Waals surface area contributed by atoms with Gasteiger partial charge in [-0.05, 0) is 73.8 Å². The molecule has 6 atom stereocenters. The molecule has 1 heterocycles. The molecule has 4 saturated carbocycles. The van der Waals surface area contributed by atoms with E-state index in [-0.39, 0.29) is 18.1 Å². The van der Waals surface area contributed by atoms with E-state index in [9.17, 15) is 10.4 Å². The Bertz CT molecular complexity index is 1060. The molecule has 1 aromatic heterocycles. The molecular weight excluding hydrogens is 448 g/mol. The highest BCUT2D eigenvalue weighted by Crippen LogP contribution is 2.60. The number of nitrogens with zero attached hydrogens (tertiary/aromatic N) is 3. The van der Waals surface area contributed by atoms with Crippen LogP contribution in [0.2, 0.25) is 5.02 Å². The molecule has 6 rings (SSSR count). The lowest BCUT2D eigenvalue weighted by molar-refractivity contribution is -0.0727. The van der Waals surface area contributed by atoms with Gasteiger partial charge in [0.15, 0.2) is 0 Å². The van der Waals surface area contributed by atoms with Crippen LogP contribution in [0.5, 0.6) is 0 Å². The Morgan fingerprint density at radius 3 is 2.68 bits per heavy atom. The highest BCUT2D eigenvalue weighted by atomic mass is 35.5. The van der Waals surface area contributed by atoms with Gasteiger partial charge in [0.25, 0.3) is 0 Å². The molecule has 34 heavy (non-hydrogen) atoms. The average Bonchev–Trinajstić information content (AvgIpc) is 2.84. The van der Waals surface area contributed by atoms with E-state index in [1.165, 1.54) is 32.1 Å². The number of rotatable bonds is 9. The van der Waals surface area contributed by atoms with E-state index in [2.05, 4.69) is 38.9 Å². The number of halogens is 1. The zero-order valence-electron chi connectivity index (χ0n) is 19.6. The van der Waals surface area contributed by atoms with Crippen LogP contribution in [0.3, 0.4) is 0 Å². The second-order valence-corrected chi connectivity index (χ2v) is 11.0. The molecule has 4 unspecified atom stereocenters. The van der Waals surface area contributed by atoms with Crippen LogP contribution in [-0.4, -0.2) is 40.3 Å². The molecule has 4 fully saturated rings.